The van der Waals surface area contributed by atoms with Gasteiger partial charge < -0.3 is 34.7 Å². The zero-order chi connectivity index (χ0) is 59.0. The van der Waals surface area contributed by atoms with Gasteiger partial charge in [-0.25, -0.2) is 24.7 Å². The van der Waals surface area contributed by atoms with Crippen molar-refractivity contribution in [3.8, 4) is 45.0 Å². The van der Waals surface area contributed by atoms with Gasteiger partial charge in [-0.3, -0.25) is 0 Å². The van der Waals surface area contributed by atoms with Gasteiger partial charge in [-0.15, -0.1) is 0 Å². The Labute approximate surface area is 485 Å². The quantitative estimate of drug-likeness (QED) is 0.0912. The van der Waals surface area contributed by atoms with Gasteiger partial charge in [0.25, 0.3) is 0 Å². The molecule has 1 amide bonds. The average Bonchev–Trinajstić information content (AvgIpc) is 3.50. The first-order valence-electron chi connectivity index (χ1n) is 28.2. The lowest BCUT2D eigenvalue weighted by molar-refractivity contribution is -0.138. The largest absolute Gasteiger partial charge is 0.445 e. The minimum atomic E-state index is -4.49. The van der Waals surface area contributed by atoms with Gasteiger partial charge in [0.2, 0.25) is 0 Å². The van der Waals surface area contributed by atoms with Crippen molar-refractivity contribution < 1.29 is 35.9 Å². The molecule has 3 N–H and O–H groups in total. The molecule has 0 saturated carbocycles. The Balaban J connectivity index is 0.000000193. The summed E-state index contributed by atoms with van der Waals surface area (Å²) in [5, 5.41) is 10.3. The van der Waals surface area contributed by atoms with E-state index in [1.54, 1.807) is 29.4 Å². The van der Waals surface area contributed by atoms with E-state index in [0.717, 1.165) is 89.3 Å². The lowest BCUT2D eigenvalue weighted by Gasteiger charge is -2.31. The fraction of sp³-hybridized carbons (Fsp3) is 0.288. The number of piperidine rings is 2. The first-order chi connectivity index (χ1) is 40.5. The molecule has 0 spiro atoms. The van der Waals surface area contributed by atoms with Crippen molar-refractivity contribution >= 4 is 17.7 Å². The summed E-state index contributed by atoms with van der Waals surface area (Å²) in [5.74, 6) is 3.21. The zero-order valence-electron chi connectivity index (χ0n) is 47.1. The van der Waals surface area contributed by atoms with E-state index in [-0.39, 0.29) is 36.6 Å². The number of halogens is 6. The van der Waals surface area contributed by atoms with E-state index in [4.69, 9.17) is 14.7 Å². The number of hydrogen-bond donors (Lipinski definition) is 3. The molecule has 2 aliphatic heterocycles. The summed E-state index contributed by atoms with van der Waals surface area (Å²) >= 11 is 0. The van der Waals surface area contributed by atoms with Gasteiger partial charge in [0, 0.05) is 85.8 Å². The van der Waals surface area contributed by atoms with Gasteiger partial charge in [0.15, 0.2) is 0 Å². The van der Waals surface area contributed by atoms with E-state index in [9.17, 15) is 31.1 Å². The number of benzene rings is 5. The average molecular weight is 1150 g/mol. The third kappa shape index (κ3) is 13.8. The molecular weight excluding hydrogens is 1080 g/mol. The number of amides is 1. The Morgan fingerprint density at radius 3 is 1.43 bits per heavy atom. The van der Waals surface area contributed by atoms with Gasteiger partial charge >= 0.3 is 18.4 Å². The topological polar surface area (TPSA) is 127 Å². The van der Waals surface area contributed by atoms with Crippen LogP contribution in [0.5, 0.6) is 0 Å². The Bertz CT molecular complexity index is 3650. The van der Waals surface area contributed by atoms with Crippen LogP contribution in [0.1, 0.15) is 103 Å². The highest BCUT2D eigenvalue weighted by atomic mass is 19.4. The summed E-state index contributed by atoms with van der Waals surface area (Å²) in [5.41, 5.74) is 6.68. The molecule has 2 unspecified atom stereocenters. The Morgan fingerprint density at radius 1 is 0.560 bits per heavy atom. The maximum atomic E-state index is 13.8. The lowest BCUT2D eigenvalue weighted by atomic mass is 9.96. The Kier molecular flexibility index (Phi) is 17.9. The number of likely N-dealkylation sites (tertiary alicyclic amines) is 1. The fourth-order valence-corrected chi connectivity index (χ4v) is 11.1. The second-order valence-corrected chi connectivity index (χ2v) is 21.3. The van der Waals surface area contributed by atoms with Crippen LogP contribution in [0.25, 0.3) is 45.0 Å². The van der Waals surface area contributed by atoms with Crippen LogP contribution in [0.15, 0.2) is 176 Å². The second kappa shape index (κ2) is 25.8. The van der Waals surface area contributed by atoms with Gasteiger partial charge in [0.05, 0.1) is 33.9 Å². The van der Waals surface area contributed by atoms with Crippen LogP contribution in [0, 0.1) is 0 Å². The predicted molar refractivity (Wildman–Crippen MR) is 316 cm³/mol. The van der Waals surface area contributed by atoms with Crippen LogP contribution < -0.4 is 16.0 Å². The van der Waals surface area contributed by atoms with Crippen LogP contribution in [-0.2, 0) is 37.8 Å². The molecule has 18 heteroatoms. The molecule has 5 aromatic carbocycles. The number of carbonyl (C=O) groups is 1. The van der Waals surface area contributed by atoms with Crippen molar-refractivity contribution in [2.75, 3.05) is 36.8 Å². The molecule has 2 fully saturated rings. The van der Waals surface area contributed by atoms with Gasteiger partial charge in [0.1, 0.15) is 29.9 Å². The monoisotopic (exact) mass is 1140 g/mol. The number of aromatic nitrogens is 6. The standard InChI is InChI=1S/C37H36F3N5O2.C29H30F3N5/c1-25(27-12-7-4-8-13-27)42-32-23-30(16-19-41-32)34-33(29-14-9-15-31(22-29)37(38,39)40)43-35(44(34)2)28-17-20-45(21-18-28)36(46)47-24-26-10-5-3-6-11-26;1-19(20-7-4-3-5-8-20)35-25-18-23(13-16-34-25)27-26(22-9-6-10-24(17-22)29(30,31)32)36-28(37(27)2)21-11-14-33-15-12-21/h3-16,19,22-23,25,28H,17-18,20-21,24H2,1-2H3,(H,41,42);3-10,13,16-19,21,33H,11-12,14-15H2,1-2H3,(H,34,35). The fourth-order valence-electron chi connectivity index (χ4n) is 11.1. The van der Waals surface area contributed by atoms with E-state index in [0.29, 0.717) is 65.8 Å². The molecule has 4 aromatic heterocycles. The molecule has 2 aliphatic rings. The molecule has 12 nitrogen and oxygen atoms in total. The highest BCUT2D eigenvalue weighted by Crippen LogP contribution is 2.42. The molecule has 0 aliphatic carbocycles. The van der Waals surface area contributed by atoms with Crippen molar-refractivity contribution in [2.24, 2.45) is 14.1 Å². The number of nitrogens with zero attached hydrogens (tertiary/aromatic N) is 7. The third-order valence-corrected chi connectivity index (χ3v) is 15.6. The first-order valence-corrected chi connectivity index (χ1v) is 28.2. The highest BCUT2D eigenvalue weighted by Gasteiger charge is 2.34. The molecule has 2 atom stereocenters. The maximum absolute atomic E-state index is 13.8. The molecule has 2 saturated heterocycles. The molecular formula is C66H66F6N10O2. The van der Waals surface area contributed by atoms with E-state index < -0.39 is 23.5 Å². The van der Waals surface area contributed by atoms with Crippen LogP contribution >= 0.6 is 0 Å². The summed E-state index contributed by atoms with van der Waals surface area (Å²) in [7, 11) is 3.85. The molecule has 6 heterocycles. The smallest absolute Gasteiger partial charge is 0.416 e. The summed E-state index contributed by atoms with van der Waals surface area (Å²) in [6.07, 6.45) is -2.70. The zero-order valence-corrected chi connectivity index (χ0v) is 47.1. The number of pyridine rings is 2. The summed E-state index contributed by atoms with van der Waals surface area (Å²) in [4.78, 5) is 33.5. The molecule has 11 rings (SSSR count). The number of hydrogen-bond acceptors (Lipinski definition) is 9. The number of anilines is 2. The number of ether oxygens (including phenoxy) is 1. The summed E-state index contributed by atoms with van der Waals surface area (Å²) < 4.78 is 91.5. The molecule has 9 aromatic rings. The molecule has 0 radical (unpaired) electrons. The number of nitrogens with one attached hydrogen (secondary N) is 3. The maximum Gasteiger partial charge on any atom is 0.416 e. The summed E-state index contributed by atoms with van der Waals surface area (Å²) in [6.45, 7) is 7.08. The van der Waals surface area contributed by atoms with Crippen molar-refractivity contribution in [1.29, 1.82) is 0 Å². The van der Waals surface area contributed by atoms with Gasteiger partial charge in [-0.05, 0) is 118 Å². The van der Waals surface area contributed by atoms with Crippen LogP contribution in [0.3, 0.4) is 0 Å². The van der Waals surface area contributed by atoms with Crippen LogP contribution in [-0.4, -0.2) is 66.2 Å². The molecule has 434 valence electrons. The van der Waals surface area contributed by atoms with Crippen molar-refractivity contribution in [3.63, 3.8) is 0 Å². The normalized spacial score (nSPS) is 15.0. The number of rotatable bonds is 14. The van der Waals surface area contributed by atoms with Gasteiger partial charge in [-0.1, -0.05) is 115 Å². The number of imidazole rings is 2. The summed E-state index contributed by atoms with van der Waals surface area (Å²) in [6, 6.07) is 47.9. The minimum Gasteiger partial charge on any atom is -0.445 e. The Morgan fingerprint density at radius 2 is 0.988 bits per heavy atom. The molecule has 0 bridgehead atoms. The number of alkyl halides is 6. The van der Waals surface area contributed by atoms with Crippen molar-refractivity contribution in [3.05, 3.63) is 216 Å². The minimum absolute atomic E-state index is 0.00555. The SMILES string of the molecule is CC(Nc1cc(-c2c(-c3cccc(C(F)(F)F)c3)nc(C3CCN(C(=O)OCc4ccccc4)CC3)n2C)ccn1)c1ccccc1.CC(Nc1cc(-c2c(-c3cccc(C(F)(F)F)c3)nc(C3CCNCC3)n2C)ccn1)c1ccccc1. The van der Waals surface area contributed by atoms with Crippen LogP contribution in [0.4, 0.5) is 42.8 Å². The second-order valence-electron chi connectivity index (χ2n) is 21.3. The highest BCUT2D eigenvalue weighted by molar-refractivity contribution is 5.82. The first kappa shape index (κ1) is 58.4. The van der Waals surface area contributed by atoms with E-state index in [2.05, 4.69) is 45.0 Å². The van der Waals surface area contributed by atoms with E-state index in [1.165, 1.54) is 18.2 Å². The van der Waals surface area contributed by atoms with Crippen molar-refractivity contribution in [2.45, 2.75) is 82.4 Å². The molecule has 84 heavy (non-hydrogen) atoms. The Hall–Kier alpha value is -8.77. The van der Waals surface area contributed by atoms with Gasteiger partial charge in [-0.2, -0.15) is 26.3 Å². The van der Waals surface area contributed by atoms with E-state index >= 15 is 0 Å². The van der Waals surface area contributed by atoms with Crippen LogP contribution in [0.2, 0.25) is 0 Å². The lowest BCUT2D eigenvalue weighted by Crippen LogP contribution is -2.38. The number of carbonyl (C=O) groups excluding carboxylic acids is 1. The predicted octanol–water partition coefficient (Wildman–Crippen LogP) is 15.7. The van der Waals surface area contributed by atoms with Crippen molar-refractivity contribution in [1.82, 2.24) is 39.3 Å². The third-order valence-electron chi connectivity index (χ3n) is 15.6. The van der Waals surface area contributed by atoms with E-state index in [1.807, 2.05) is 133 Å².